The molecule has 0 amide bonds. The van der Waals surface area contributed by atoms with Gasteiger partial charge in [0.2, 0.25) is 0 Å². The topological polar surface area (TPSA) is 38.9 Å². The summed E-state index contributed by atoms with van der Waals surface area (Å²) >= 11 is 3.42. The number of furan rings is 1. The Labute approximate surface area is 295 Å². The van der Waals surface area contributed by atoms with Gasteiger partial charge in [0.15, 0.2) is 0 Å². The maximum Gasteiger partial charge on any atom is 0.146 e. The highest BCUT2D eigenvalue weighted by molar-refractivity contribution is 7.22. The smallest absolute Gasteiger partial charge is 0.146 e. The molecule has 3 aromatic heterocycles. The lowest BCUT2D eigenvalue weighted by Gasteiger charge is -2.37. The van der Waals surface area contributed by atoms with E-state index >= 15 is 0 Å². The van der Waals surface area contributed by atoms with Gasteiger partial charge in [-0.3, -0.25) is 0 Å². The minimum Gasteiger partial charge on any atom is -0.455 e. The van der Waals surface area contributed by atoms with Gasteiger partial charge < -0.3 is 4.42 Å². The molecular formula is C45H26N2OS2. The zero-order valence-electron chi connectivity index (χ0n) is 26.6. The van der Waals surface area contributed by atoms with E-state index in [0.29, 0.717) is 0 Å². The number of benzene rings is 7. The molecule has 5 heteroatoms. The van der Waals surface area contributed by atoms with Crippen molar-refractivity contribution in [2.24, 2.45) is 0 Å². The molecule has 0 spiro atoms. The van der Waals surface area contributed by atoms with Crippen molar-refractivity contribution in [2.75, 3.05) is 0 Å². The summed E-state index contributed by atoms with van der Waals surface area (Å²) in [5, 5.41) is 4.15. The van der Waals surface area contributed by atoms with Crippen LogP contribution in [0.3, 0.4) is 0 Å². The first kappa shape index (κ1) is 28.0. The lowest BCUT2D eigenvalue weighted by Crippen LogP contribution is -2.31. The van der Waals surface area contributed by atoms with E-state index in [0.717, 1.165) is 69.1 Å². The molecule has 0 atom stereocenters. The van der Waals surface area contributed by atoms with Crippen molar-refractivity contribution in [2.45, 2.75) is 5.41 Å². The van der Waals surface area contributed by atoms with E-state index in [9.17, 15) is 0 Å². The molecule has 1 aliphatic carbocycles. The minimum absolute atomic E-state index is 0.630. The summed E-state index contributed by atoms with van der Waals surface area (Å²) in [6.07, 6.45) is 0. The van der Waals surface area contributed by atoms with Crippen LogP contribution in [-0.4, -0.2) is 9.97 Å². The van der Waals surface area contributed by atoms with Crippen LogP contribution < -0.4 is 0 Å². The summed E-state index contributed by atoms with van der Waals surface area (Å²) in [6.45, 7) is 0. The van der Waals surface area contributed by atoms with Crippen LogP contribution in [0.15, 0.2) is 162 Å². The van der Waals surface area contributed by atoms with Crippen LogP contribution in [0.4, 0.5) is 0 Å². The van der Waals surface area contributed by atoms with Crippen molar-refractivity contribution in [1.29, 1.82) is 0 Å². The zero-order valence-corrected chi connectivity index (χ0v) is 28.3. The summed E-state index contributed by atoms with van der Waals surface area (Å²) in [5.74, 6) is 0. The van der Waals surface area contributed by atoms with E-state index in [1.807, 2.05) is 0 Å². The minimum atomic E-state index is -0.630. The highest BCUT2D eigenvalue weighted by atomic mass is 32.1. The fourth-order valence-electron chi connectivity index (χ4n) is 8.18. The summed E-state index contributed by atoms with van der Waals surface area (Å²) in [7, 11) is 0. The number of rotatable bonds is 4. The first-order valence-electron chi connectivity index (χ1n) is 16.7. The lowest BCUT2D eigenvalue weighted by atomic mass is 9.63. The second-order valence-electron chi connectivity index (χ2n) is 12.8. The van der Waals surface area contributed by atoms with Crippen molar-refractivity contribution >= 4 is 65.0 Å². The van der Waals surface area contributed by atoms with Crippen LogP contribution in [0, 0.1) is 0 Å². The Balaban J connectivity index is 1.36. The molecule has 234 valence electrons. The van der Waals surface area contributed by atoms with Crippen LogP contribution in [0.25, 0.3) is 74.6 Å². The quantitative estimate of drug-likeness (QED) is 0.186. The van der Waals surface area contributed by atoms with Crippen molar-refractivity contribution in [3.8, 4) is 32.3 Å². The van der Waals surface area contributed by atoms with Crippen LogP contribution in [0.1, 0.15) is 22.3 Å². The molecule has 7 aromatic carbocycles. The van der Waals surface area contributed by atoms with E-state index in [1.54, 1.807) is 22.7 Å². The highest BCUT2D eigenvalue weighted by Crippen LogP contribution is 2.57. The van der Waals surface area contributed by atoms with Crippen molar-refractivity contribution < 1.29 is 4.42 Å². The number of fused-ring (bicyclic) bond motifs is 4. The Hall–Kier alpha value is -5.88. The standard InChI is InChI=1S/C45H26N2OS2/c1-3-13-27(14-4-1)45(28-15-5-2-6-16-28)33-18-8-7-17-29(33)30-23-24-31(43-46-35-19-9-11-21-37(35)49-43)41-39(30)40-34(45)26-25-32(42(40)48-41)44-47-36-20-10-12-22-38(36)50-44/h1-26H. The van der Waals surface area contributed by atoms with Crippen LogP contribution >= 0.6 is 22.7 Å². The Kier molecular flexibility index (Phi) is 5.91. The predicted octanol–water partition coefficient (Wildman–Crippen LogP) is 12.5. The molecule has 10 aromatic rings. The van der Waals surface area contributed by atoms with Gasteiger partial charge in [0.25, 0.3) is 0 Å². The van der Waals surface area contributed by atoms with Gasteiger partial charge >= 0.3 is 0 Å². The average molecular weight is 675 g/mol. The molecule has 1 aliphatic rings. The van der Waals surface area contributed by atoms with E-state index in [1.165, 1.54) is 27.8 Å². The van der Waals surface area contributed by atoms with Gasteiger partial charge in [0, 0.05) is 10.8 Å². The normalized spacial score (nSPS) is 13.4. The first-order chi connectivity index (χ1) is 24.8. The number of nitrogens with zero attached hydrogens (tertiary/aromatic N) is 2. The van der Waals surface area contributed by atoms with E-state index in [4.69, 9.17) is 14.4 Å². The fraction of sp³-hybridized carbons (Fsp3) is 0.0222. The molecule has 0 fully saturated rings. The first-order valence-corrected chi connectivity index (χ1v) is 18.4. The average Bonchev–Trinajstić information content (AvgIpc) is 3.90. The van der Waals surface area contributed by atoms with Crippen LogP contribution in [-0.2, 0) is 5.41 Å². The number of para-hydroxylation sites is 2. The van der Waals surface area contributed by atoms with Gasteiger partial charge in [-0.25, -0.2) is 9.97 Å². The molecule has 0 aliphatic heterocycles. The summed E-state index contributed by atoms with van der Waals surface area (Å²) < 4.78 is 9.61. The molecule has 50 heavy (non-hydrogen) atoms. The SMILES string of the molecule is c1ccc(C2(c3ccccc3)c3ccccc3-c3ccc(-c4nc5ccccc5s4)c4oc5c(-c6nc7ccccc7s6)ccc2c5c34)cc1. The number of hydrogen-bond donors (Lipinski definition) is 0. The Morgan fingerprint density at radius 2 is 0.900 bits per heavy atom. The molecule has 0 radical (unpaired) electrons. The molecule has 3 heterocycles. The zero-order chi connectivity index (χ0) is 32.8. The summed E-state index contributed by atoms with van der Waals surface area (Å²) in [4.78, 5) is 10.3. The van der Waals surface area contributed by atoms with Gasteiger partial charge in [-0.05, 0) is 69.8 Å². The molecule has 0 saturated carbocycles. The van der Waals surface area contributed by atoms with Gasteiger partial charge in [-0.1, -0.05) is 121 Å². The molecule has 0 bridgehead atoms. The third-order valence-electron chi connectivity index (χ3n) is 10.3. The van der Waals surface area contributed by atoms with Crippen molar-refractivity contribution in [3.05, 3.63) is 180 Å². The van der Waals surface area contributed by atoms with Crippen molar-refractivity contribution in [1.82, 2.24) is 9.97 Å². The van der Waals surface area contributed by atoms with Crippen molar-refractivity contribution in [3.63, 3.8) is 0 Å². The number of hydrogen-bond acceptors (Lipinski definition) is 5. The van der Waals surface area contributed by atoms with Gasteiger partial charge in [0.05, 0.1) is 37.0 Å². The summed E-state index contributed by atoms with van der Waals surface area (Å²) in [6, 6.07) is 56.7. The molecule has 0 unspecified atom stereocenters. The predicted molar refractivity (Wildman–Crippen MR) is 208 cm³/mol. The molecular weight excluding hydrogens is 649 g/mol. The van der Waals surface area contributed by atoms with Crippen LogP contribution in [0.5, 0.6) is 0 Å². The monoisotopic (exact) mass is 674 g/mol. The molecule has 0 N–H and O–H groups in total. The van der Waals surface area contributed by atoms with E-state index < -0.39 is 5.41 Å². The highest BCUT2D eigenvalue weighted by Gasteiger charge is 2.44. The number of thiazole rings is 2. The van der Waals surface area contributed by atoms with Gasteiger partial charge in [-0.15, -0.1) is 22.7 Å². The molecule has 3 nitrogen and oxygen atoms in total. The second kappa shape index (κ2) is 10.6. The Bertz CT molecular complexity index is 2830. The lowest BCUT2D eigenvalue weighted by molar-refractivity contribution is 0.669. The number of aromatic nitrogens is 2. The largest absolute Gasteiger partial charge is 0.455 e. The molecule has 11 rings (SSSR count). The van der Waals surface area contributed by atoms with E-state index in [2.05, 4.69) is 158 Å². The third-order valence-corrected chi connectivity index (χ3v) is 12.4. The van der Waals surface area contributed by atoms with Crippen LogP contribution in [0.2, 0.25) is 0 Å². The Morgan fingerprint density at radius 3 is 1.52 bits per heavy atom. The third kappa shape index (κ3) is 3.79. The summed E-state index contributed by atoms with van der Waals surface area (Å²) in [5.41, 5.74) is 12.3. The Morgan fingerprint density at radius 1 is 0.400 bits per heavy atom. The maximum atomic E-state index is 7.29. The second-order valence-corrected chi connectivity index (χ2v) is 14.9. The van der Waals surface area contributed by atoms with E-state index in [-0.39, 0.29) is 0 Å². The fourth-order valence-corrected chi connectivity index (χ4v) is 10.2. The van der Waals surface area contributed by atoms with Gasteiger partial charge in [0.1, 0.15) is 21.2 Å². The maximum absolute atomic E-state index is 7.29. The molecule has 0 saturated heterocycles. The van der Waals surface area contributed by atoms with Gasteiger partial charge in [-0.2, -0.15) is 0 Å².